The highest BCUT2D eigenvalue weighted by Gasteiger charge is 2.31. The molecule has 17 nitrogen and oxygen atoms in total. The number of fused-ring (bicyclic) bond motifs is 1. The minimum atomic E-state index is -0.836. The van der Waals surface area contributed by atoms with Gasteiger partial charge in [0.1, 0.15) is 6.04 Å². The summed E-state index contributed by atoms with van der Waals surface area (Å²) in [5.74, 6) is 0.681. The first-order chi connectivity index (χ1) is 31.6. The number of hydrogen-bond donors (Lipinski definition) is 1. The number of ether oxygens (including phenoxy) is 1. The number of amides is 3. The van der Waals surface area contributed by atoms with Crippen molar-refractivity contribution in [1.82, 2.24) is 44.6 Å². The fraction of sp³-hybridized carbons (Fsp3) is 0.333. The number of piperazine rings is 1. The summed E-state index contributed by atoms with van der Waals surface area (Å²) in [5.41, 5.74) is 4.41. The zero-order valence-corrected chi connectivity index (χ0v) is 35.9. The van der Waals surface area contributed by atoms with E-state index in [1.807, 2.05) is 53.4 Å². The lowest BCUT2D eigenvalue weighted by molar-refractivity contribution is -0.136. The van der Waals surface area contributed by atoms with Crippen LogP contribution in [0.3, 0.4) is 0 Å². The smallest absolute Gasteiger partial charge is 0.275 e. The van der Waals surface area contributed by atoms with Gasteiger partial charge in [-0.05, 0) is 87.2 Å². The SMILES string of the molecule is Cc1nn(C2CCC(=O)NC2=O)c(=O)c2cc(N3CCN(C(=O)CN4CCC(COc5cnc(-c6cccc(Cn7nc(-c8cccc(C#N)c8)ccc7=O)c6)nc5)CC4)CC3)ccc12. The van der Waals surface area contributed by atoms with E-state index >= 15 is 0 Å². The molecule has 65 heavy (non-hydrogen) atoms. The Labute approximate surface area is 373 Å². The van der Waals surface area contributed by atoms with E-state index in [1.54, 1.807) is 43.6 Å². The van der Waals surface area contributed by atoms with E-state index in [-0.39, 0.29) is 42.3 Å². The van der Waals surface area contributed by atoms with Crippen molar-refractivity contribution in [3.05, 3.63) is 129 Å². The molecule has 6 aromatic rings. The molecule has 330 valence electrons. The molecule has 0 bridgehead atoms. The number of likely N-dealkylation sites (tertiary alicyclic amines) is 1. The summed E-state index contributed by atoms with van der Waals surface area (Å²) in [7, 11) is 0. The largest absolute Gasteiger partial charge is 0.490 e. The molecule has 6 heterocycles. The molecule has 0 aliphatic carbocycles. The highest BCUT2D eigenvalue weighted by atomic mass is 16.5. The summed E-state index contributed by atoms with van der Waals surface area (Å²) in [4.78, 5) is 79.4. The molecular formula is C48H47N11O6. The molecule has 3 aromatic heterocycles. The second-order valence-corrected chi connectivity index (χ2v) is 16.8. The first kappa shape index (κ1) is 42.7. The summed E-state index contributed by atoms with van der Waals surface area (Å²) >= 11 is 0. The van der Waals surface area contributed by atoms with Crippen LogP contribution in [0.15, 0.2) is 101 Å². The van der Waals surface area contributed by atoms with Gasteiger partial charge in [0.05, 0.1) is 60.5 Å². The normalized spacial score (nSPS) is 17.2. The predicted octanol–water partition coefficient (Wildman–Crippen LogP) is 3.72. The van der Waals surface area contributed by atoms with Crippen molar-refractivity contribution in [3.8, 4) is 34.5 Å². The van der Waals surface area contributed by atoms with Gasteiger partial charge in [-0.1, -0.05) is 36.4 Å². The fourth-order valence-electron chi connectivity index (χ4n) is 8.75. The third-order valence-corrected chi connectivity index (χ3v) is 12.4. The Bertz CT molecular complexity index is 2950. The number of carbonyl (C=O) groups is 3. The van der Waals surface area contributed by atoms with Crippen molar-refractivity contribution >= 4 is 34.2 Å². The fourth-order valence-corrected chi connectivity index (χ4v) is 8.75. The highest BCUT2D eigenvalue weighted by Crippen LogP contribution is 2.26. The first-order valence-electron chi connectivity index (χ1n) is 21.8. The maximum absolute atomic E-state index is 13.6. The topological polar surface area (TPSA) is 202 Å². The number of benzene rings is 3. The molecule has 1 unspecified atom stereocenters. The van der Waals surface area contributed by atoms with Gasteiger partial charge in [-0.2, -0.15) is 15.5 Å². The van der Waals surface area contributed by atoms with Gasteiger partial charge in [0.25, 0.3) is 17.0 Å². The van der Waals surface area contributed by atoms with Gasteiger partial charge >= 0.3 is 0 Å². The van der Waals surface area contributed by atoms with Crippen LogP contribution in [0.4, 0.5) is 5.69 Å². The number of aryl methyl sites for hydroxylation is 1. The van der Waals surface area contributed by atoms with Crippen molar-refractivity contribution in [2.45, 2.75) is 45.2 Å². The number of aromatic nitrogens is 6. The average Bonchev–Trinajstić information content (AvgIpc) is 3.33. The lowest BCUT2D eigenvalue weighted by Crippen LogP contribution is -2.52. The second kappa shape index (κ2) is 18.6. The summed E-state index contributed by atoms with van der Waals surface area (Å²) in [6.07, 6.45) is 5.53. The van der Waals surface area contributed by atoms with Crippen LogP contribution in [0.25, 0.3) is 33.4 Å². The zero-order valence-electron chi connectivity index (χ0n) is 35.9. The molecule has 17 heteroatoms. The van der Waals surface area contributed by atoms with E-state index in [4.69, 9.17) is 4.74 Å². The summed E-state index contributed by atoms with van der Waals surface area (Å²) < 4.78 is 8.73. The lowest BCUT2D eigenvalue weighted by Gasteiger charge is -2.38. The van der Waals surface area contributed by atoms with Crippen LogP contribution < -0.4 is 26.1 Å². The third-order valence-electron chi connectivity index (χ3n) is 12.4. The Morgan fingerprint density at radius 3 is 2.37 bits per heavy atom. The molecule has 3 fully saturated rings. The number of hydrogen-bond acceptors (Lipinski definition) is 13. The van der Waals surface area contributed by atoms with E-state index in [0.717, 1.165) is 48.3 Å². The minimum Gasteiger partial charge on any atom is -0.490 e. The molecule has 0 radical (unpaired) electrons. The van der Waals surface area contributed by atoms with E-state index in [0.29, 0.717) is 84.5 Å². The van der Waals surface area contributed by atoms with Crippen molar-refractivity contribution in [3.63, 3.8) is 0 Å². The van der Waals surface area contributed by atoms with Gasteiger partial charge in [0, 0.05) is 60.9 Å². The number of carbonyl (C=O) groups excluding carboxylic acids is 3. The van der Waals surface area contributed by atoms with Crippen LogP contribution in [-0.2, 0) is 20.9 Å². The number of anilines is 1. The predicted molar refractivity (Wildman–Crippen MR) is 241 cm³/mol. The van der Waals surface area contributed by atoms with Gasteiger partial charge in [-0.25, -0.2) is 19.3 Å². The van der Waals surface area contributed by atoms with Gasteiger partial charge in [0.2, 0.25) is 11.8 Å². The molecule has 0 saturated carbocycles. The van der Waals surface area contributed by atoms with Crippen molar-refractivity contribution in [2.24, 2.45) is 5.92 Å². The summed E-state index contributed by atoms with van der Waals surface area (Å²) in [6.45, 7) is 6.92. The lowest BCUT2D eigenvalue weighted by atomic mass is 9.98. The molecule has 1 N–H and O–H groups in total. The Hall–Kier alpha value is -7.58. The van der Waals surface area contributed by atoms with E-state index < -0.39 is 11.9 Å². The second-order valence-electron chi connectivity index (χ2n) is 16.8. The number of piperidine rings is 2. The standard InChI is InChI=1S/C48H47N11O6/c1-31-39-9-8-37(24-40(39)48(64)59(53-31)42-11-12-43(60)52-47(42)63)56-18-20-57(21-19-56)45(62)29-55-16-14-32(15-17-55)30-65-38-26-50-46(51-27-38)36-7-3-5-34(23-36)28-58-44(61)13-10-41(54-58)35-6-2-4-33(22-35)25-49/h2-10,13,22-24,26-27,32,42H,11-12,14-21,28-30H2,1H3,(H,52,60,63). The summed E-state index contributed by atoms with van der Waals surface area (Å²) in [6, 6.07) is 24.9. The van der Waals surface area contributed by atoms with E-state index in [2.05, 4.69) is 41.4 Å². The van der Waals surface area contributed by atoms with E-state index in [9.17, 15) is 29.2 Å². The van der Waals surface area contributed by atoms with Crippen molar-refractivity contribution < 1.29 is 19.1 Å². The Kier molecular flexibility index (Phi) is 12.2. The molecule has 3 aliphatic heterocycles. The molecule has 0 spiro atoms. The van der Waals surface area contributed by atoms with Crippen LogP contribution in [0.1, 0.15) is 48.5 Å². The molecule has 3 amide bonds. The number of nitrogens with zero attached hydrogens (tertiary/aromatic N) is 10. The Morgan fingerprint density at radius 1 is 0.831 bits per heavy atom. The van der Waals surface area contributed by atoms with Crippen molar-refractivity contribution in [1.29, 1.82) is 5.26 Å². The quantitative estimate of drug-likeness (QED) is 0.185. The van der Waals surface area contributed by atoms with Crippen LogP contribution >= 0.6 is 0 Å². The van der Waals surface area contributed by atoms with Gasteiger partial charge in [-0.15, -0.1) is 0 Å². The molecule has 9 rings (SSSR count). The molecule has 1 atom stereocenters. The number of rotatable bonds is 11. The maximum atomic E-state index is 13.6. The van der Waals surface area contributed by atoms with Gasteiger partial charge in [-0.3, -0.25) is 34.2 Å². The molecule has 3 aliphatic rings. The average molecular weight is 874 g/mol. The Balaban J connectivity index is 0.729. The zero-order chi connectivity index (χ0) is 45.0. The molecular weight excluding hydrogens is 827 g/mol. The van der Waals surface area contributed by atoms with Crippen LogP contribution in [0, 0.1) is 24.2 Å². The summed E-state index contributed by atoms with van der Waals surface area (Å²) in [5, 5.41) is 21.8. The van der Waals surface area contributed by atoms with Crippen LogP contribution in [0.2, 0.25) is 0 Å². The number of nitrogens with one attached hydrogen (secondary N) is 1. The molecule has 3 aromatic carbocycles. The molecule has 3 saturated heterocycles. The van der Waals surface area contributed by atoms with Crippen LogP contribution in [-0.4, -0.2) is 109 Å². The minimum absolute atomic E-state index is 0.105. The Morgan fingerprint density at radius 2 is 1.60 bits per heavy atom. The van der Waals surface area contributed by atoms with Crippen molar-refractivity contribution in [2.75, 3.05) is 57.3 Å². The third kappa shape index (κ3) is 9.53. The maximum Gasteiger partial charge on any atom is 0.275 e. The monoisotopic (exact) mass is 873 g/mol. The first-order valence-corrected chi connectivity index (χ1v) is 21.8. The van der Waals surface area contributed by atoms with Crippen LogP contribution in [0.5, 0.6) is 5.75 Å². The van der Waals surface area contributed by atoms with Gasteiger partial charge in [0.15, 0.2) is 11.6 Å². The van der Waals surface area contributed by atoms with E-state index in [1.165, 1.54) is 15.4 Å². The highest BCUT2D eigenvalue weighted by molar-refractivity contribution is 5.99. The number of nitriles is 1. The van der Waals surface area contributed by atoms with Gasteiger partial charge < -0.3 is 14.5 Å². The number of imide groups is 1.